The predicted molar refractivity (Wildman–Crippen MR) is 73.7 cm³/mol. The number of hydrogen-bond donors (Lipinski definition) is 0. The molecule has 3 rings (SSSR count). The molecule has 2 aromatic rings. The van der Waals surface area contributed by atoms with E-state index < -0.39 is 10.0 Å². The van der Waals surface area contributed by atoms with Crippen molar-refractivity contribution in [1.82, 2.24) is 9.46 Å². The monoisotopic (exact) mass is 292 g/mol. The predicted octanol–water partition coefficient (Wildman–Crippen LogP) is 2.04. The van der Waals surface area contributed by atoms with Crippen molar-refractivity contribution in [3.8, 4) is 0 Å². The molecule has 0 radical (unpaired) electrons. The summed E-state index contributed by atoms with van der Waals surface area (Å²) in [7, 11) is -3.47. The van der Waals surface area contributed by atoms with E-state index in [9.17, 15) is 8.42 Å². The van der Waals surface area contributed by atoms with Gasteiger partial charge in [-0.05, 0) is 32.4 Å². The molecule has 6 heteroatoms. The van der Waals surface area contributed by atoms with Crippen molar-refractivity contribution in [2.75, 3.05) is 6.54 Å². The van der Waals surface area contributed by atoms with Crippen molar-refractivity contribution in [2.45, 2.75) is 31.7 Å². The normalized spacial score (nSPS) is 16.1. The van der Waals surface area contributed by atoms with E-state index in [0.29, 0.717) is 23.6 Å². The topological polar surface area (TPSA) is 63.4 Å². The summed E-state index contributed by atoms with van der Waals surface area (Å²) in [5.74, 6) is 0.657. The van der Waals surface area contributed by atoms with Gasteiger partial charge in [0.2, 0.25) is 10.0 Å². The van der Waals surface area contributed by atoms with E-state index in [2.05, 4.69) is 5.16 Å². The van der Waals surface area contributed by atoms with E-state index in [1.54, 1.807) is 24.3 Å². The molecule has 0 amide bonds. The molecule has 1 aliphatic heterocycles. The number of aromatic nitrogens is 1. The summed E-state index contributed by atoms with van der Waals surface area (Å²) in [4.78, 5) is 0.322. The van der Waals surface area contributed by atoms with Crippen LogP contribution in [-0.2, 0) is 23.0 Å². The fraction of sp³-hybridized carbons (Fsp3) is 0.357. The lowest BCUT2D eigenvalue weighted by Crippen LogP contribution is -2.35. The molecule has 0 fully saturated rings. The van der Waals surface area contributed by atoms with Gasteiger partial charge in [0.25, 0.3) is 0 Å². The Balaban J connectivity index is 1.92. The molecule has 0 aliphatic carbocycles. The molecule has 0 N–H and O–H groups in total. The molecule has 0 saturated heterocycles. The van der Waals surface area contributed by atoms with Crippen molar-refractivity contribution in [3.63, 3.8) is 0 Å². The molecule has 1 aliphatic rings. The van der Waals surface area contributed by atoms with Crippen LogP contribution in [0, 0.1) is 13.8 Å². The van der Waals surface area contributed by atoms with Crippen LogP contribution in [-0.4, -0.2) is 24.4 Å². The highest BCUT2D eigenvalue weighted by Crippen LogP contribution is 2.26. The molecule has 0 saturated carbocycles. The zero-order chi connectivity index (χ0) is 14.3. The van der Waals surface area contributed by atoms with Crippen LogP contribution in [0.1, 0.15) is 22.6 Å². The molecule has 106 valence electrons. The van der Waals surface area contributed by atoms with Crippen molar-refractivity contribution >= 4 is 10.0 Å². The van der Waals surface area contributed by atoms with Gasteiger partial charge in [0.05, 0.1) is 17.1 Å². The summed E-state index contributed by atoms with van der Waals surface area (Å²) >= 11 is 0. The average molecular weight is 292 g/mol. The van der Waals surface area contributed by atoms with Crippen molar-refractivity contribution in [2.24, 2.45) is 0 Å². The smallest absolute Gasteiger partial charge is 0.243 e. The molecule has 20 heavy (non-hydrogen) atoms. The first-order valence-electron chi connectivity index (χ1n) is 6.49. The van der Waals surface area contributed by atoms with Crippen LogP contribution in [0.15, 0.2) is 33.7 Å². The zero-order valence-corrected chi connectivity index (χ0v) is 12.3. The standard InChI is InChI=1S/C14H16N2O3S/c1-10-3-5-12(6-4-10)20(17,18)16-8-7-13-11(2)15-19-14(13)9-16/h3-6H,7-9H2,1-2H3. The fourth-order valence-electron chi connectivity index (χ4n) is 2.42. The third-order valence-corrected chi connectivity index (χ3v) is 5.52. The van der Waals surface area contributed by atoms with Crippen LogP contribution in [0.5, 0.6) is 0 Å². The number of rotatable bonds is 2. The van der Waals surface area contributed by atoms with Gasteiger partial charge in [-0.1, -0.05) is 22.9 Å². The summed E-state index contributed by atoms with van der Waals surface area (Å²) in [5.41, 5.74) is 2.93. The van der Waals surface area contributed by atoms with Crippen molar-refractivity contribution in [3.05, 3.63) is 46.8 Å². The Morgan fingerprint density at radius 3 is 2.60 bits per heavy atom. The summed E-state index contributed by atoms with van der Waals surface area (Å²) in [6.07, 6.45) is 0.649. The number of nitrogens with zero attached hydrogens (tertiary/aromatic N) is 2. The molecule has 1 aromatic carbocycles. The first-order valence-corrected chi connectivity index (χ1v) is 7.93. The Bertz CT molecular complexity index is 732. The molecule has 0 bridgehead atoms. The van der Waals surface area contributed by atoms with E-state index in [4.69, 9.17) is 4.52 Å². The second-order valence-corrected chi connectivity index (χ2v) is 7.01. The summed E-state index contributed by atoms with van der Waals surface area (Å²) in [5, 5.41) is 3.90. The number of aryl methyl sites for hydroxylation is 2. The van der Waals surface area contributed by atoms with Crippen molar-refractivity contribution < 1.29 is 12.9 Å². The summed E-state index contributed by atoms with van der Waals surface area (Å²) in [6, 6.07) is 6.90. The van der Waals surface area contributed by atoms with Crippen LogP contribution in [0.2, 0.25) is 0 Å². The first kappa shape index (κ1) is 13.3. The maximum absolute atomic E-state index is 12.6. The van der Waals surface area contributed by atoms with Gasteiger partial charge < -0.3 is 4.52 Å². The number of sulfonamides is 1. The second kappa shape index (κ2) is 4.71. The molecule has 2 heterocycles. The van der Waals surface area contributed by atoms with Gasteiger partial charge in [-0.3, -0.25) is 0 Å². The molecule has 0 atom stereocenters. The average Bonchev–Trinajstić information content (AvgIpc) is 2.80. The van der Waals surface area contributed by atoms with Crippen LogP contribution >= 0.6 is 0 Å². The van der Waals surface area contributed by atoms with E-state index in [1.807, 2.05) is 13.8 Å². The van der Waals surface area contributed by atoms with Crippen LogP contribution < -0.4 is 0 Å². The SMILES string of the molecule is Cc1ccc(S(=O)(=O)N2CCc3c(C)noc3C2)cc1. The summed E-state index contributed by atoms with van der Waals surface area (Å²) in [6.45, 7) is 4.53. The highest BCUT2D eigenvalue weighted by molar-refractivity contribution is 7.89. The number of fused-ring (bicyclic) bond motifs is 1. The second-order valence-electron chi connectivity index (χ2n) is 5.07. The quantitative estimate of drug-likeness (QED) is 0.849. The molecule has 0 unspecified atom stereocenters. The van der Waals surface area contributed by atoms with Gasteiger partial charge >= 0.3 is 0 Å². The van der Waals surface area contributed by atoms with E-state index in [-0.39, 0.29) is 6.54 Å². The molecule has 5 nitrogen and oxygen atoms in total. The molecular weight excluding hydrogens is 276 g/mol. The van der Waals surface area contributed by atoms with Crippen LogP contribution in [0.4, 0.5) is 0 Å². The van der Waals surface area contributed by atoms with E-state index >= 15 is 0 Å². The lowest BCUT2D eigenvalue weighted by Gasteiger charge is -2.25. The van der Waals surface area contributed by atoms with Gasteiger partial charge in [0.1, 0.15) is 0 Å². The Kier molecular flexibility index (Phi) is 3.14. The maximum Gasteiger partial charge on any atom is 0.243 e. The van der Waals surface area contributed by atoms with E-state index in [1.165, 1.54) is 4.31 Å². The van der Waals surface area contributed by atoms with Crippen LogP contribution in [0.3, 0.4) is 0 Å². The Morgan fingerprint density at radius 2 is 1.90 bits per heavy atom. The highest BCUT2D eigenvalue weighted by Gasteiger charge is 2.31. The number of benzene rings is 1. The number of hydrogen-bond acceptors (Lipinski definition) is 4. The Hall–Kier alpha value is -1.66. The van der Waals surface area contributed by atoms with Gasteiger partial charge in [0, 0.05) is 12.1 Å². The van der Waals surface area contributed by atoms with Crippen LogP contribution in [0.25, 0.3) is 0 Å². The lowest BCUT2D eigenvalue weighted by atomic mass is 10.1. The largest absolute Gasteiger partial charge is 0.359 e. The third-order valence-electron chi connectivity index (χ3n) is 3.66. The third kappa shape index (κ3) is 2.14. The van der Waals surface area contributed by atoms with Gasteiger partial charge in [0.15, 0.2) is 5.76 Å². The van der Waals surface area contributed by atoms with Gasteiger partial charge in [-0.2, -0.15) is 4.31 Å². The van der Waals surface area contributed by atoms with E-state index in [0.717, 1.165) is 16.8 Å². The Labute approximate surface area is 118 Å². The maximum atomic E-state index is 12.6. The van der Waals surface area contributed by atoms with Crippen molar-refractivity contribution in [1.29, 1.82) is 0 Å². The minimum atomic E-state index is -3.47. The lowest BCUT2D eigenvalue weighted by molar-refractivity contribution is 0.307. The Morgan fingerprint density at radius 1 is 1.20 bits per heavy atom. The zero-order valence-electron chi connectivity index (χ0n) is 11.5. The first-order chi connectivity index (χ1) is 9.48. The minimum absolute atomic E-state index is 0.256. The summed E-state index contributed by atoms with van der Waals surface area (Å²) < 4.78 is 31.8. The van der Waals surface area contributed by atoms with Gasteiger partial charge in [-0.25, -0.2) is 8.42 Å². The highest BCUT2D eigenvalue weighted by atomic mass is 32.2. The molecular formula is C14H16N2O3S. The fourth-order valence-corrected chi connectivity index (χ4v) is 3.82. The minimum Gasteiger partial charge on any atom is -0.359 e. The molecule has 0 spiro atoms. The van der Waals surface area contributed by atoms with Gasteiger partial charge in [-0.15, -0.1) is 0 Å². The molecule has 1 aromatic heterocycles.